The molecule has 1 aromatic carbocycles. The highest BCUT2D eigenvalue weighted by Gasteiger charge is 2.37. The second-order valence-corrected chi connectivity index (χ2v) is 7.90. The predicted octanol–water partition coefficient (Wildman–Crippen LogP) is 2.80. The van der Waals surface area contributed by atoms with Crippen LogP contribution in [0.1, 0.15) is 59.3 Å². The summed E-state index contributed by atoms with van der Waals surface area (Å²) in [5.74, 6) is 0.328. The van der Waals surface area contributed by atoms with E-state index in [-0.39, 0.29) is 24.3 Å². The Hall–Kier alpha value is -2.14. The molecule has 1 aromatic heterocycles. The number of benzene rings is 1. The molecule has 26 heavy (non-hydrogen) atoms. The Morgan fingerprint density at radius 1 is 1.31 bits per heavy atom. The molecule has 5 nitrogen and oxygen atoms in total. The van der Waals surface area contributed by atoms with Crippen LogP contribution in [0.5, 0.6) is 0 Å². The van der Waals surface area contributed by atoms with Gasteiger partial charge in [-0.3, -0.25) is 9.48 Å². The number of hydrogen-bond acceptors (Lipinski definition) is 3. The Kier molecular flexibility index (Phi) is 4.57. The zero-order valence-corrected chi connectivity index (χ0v) is 15.6. The molecule has 1 N–H and O–H groups in total. The van der Waals surface area contributed by atoms with Crippen LogP contribution in [0.2, 0.25) is 0 Å². The number of likely N-dealkylation sites (tertiary alicyclic amines) is 1. The number of aliphatic hydroxyl groups excluding tert-OH is 1. The molecule has 1 aliphatic carbocycles. The molecular formula is C21H27N3O2. The van der Waals surface area contributed by atoms with Crippen LogP contribution >= 0.6 is 0 Å². The summed E-state index contributed by atoms with van der Waals surface area (Å²) in [5.41, 5.74) is 4.53. The van der Waals surface area contributed by atoms with Crippen LogP contribution in [0.4, 0.5) is 0 Å². The molecule has 2 atom stereocenters. The molecule has 1 amide bonds. The minimum Gasteiger partial charge on any atom is -0.396 e. The van der Waals surface area contributed by atoms with Gasteiger partial charge in [0.2, 0.25) is 0 Å². The van der Waals surface area contributed by atoms with Crippen molar-refractivity contribution in [3.63, 3.8) is 0 Å². The number of carbonyl (C=O) groups is 1. The third kappa shape index (κ3) is 2.94. The van der Waals surface area contributed by atoms with Crippen molar-refractivity contribution >= 4 is 5.91 Å². The van der Waals surface area contributed by atoms with Crippen LogP contribution in [0.3, 0.4) is 0 Å². The minimum atomic E-state index is 0.0699. The molecule has 0 bridgehead atoms. The van der Waals surface area contributed by atoms with Crippen molar-refractivity contribution in [3.8, 4) is 0 Å². The average molecular weight is 353 g/mol. The van der Waals surface area contributed by atoms with Gasteiger partial charge >= 0.3 is 0 Å². The molecule has 138 valence electrons. The van der Waals surface area contributed by atoms with Crippen molar-refractivity contribution in [2.45, 2.75) is 45.1 Å². The lowest BCUT2D eigenvalue weighted by Crippen LogP contribution is -2.30. The Morgan fingerprint density at radius 2 is 2.15 bits per heavy atom. The predicted molar refractivity (Wildman–Crippen MR) is 100 cm³/mol. The number of amides is 1. The van der Waals surface area contributed by atoms with Gasteiger partial charge in [0, 0.05) is 49.3 Å². The fraction of sp³-hybridized carbons (Fsp3) is 0.524. The second kappa shape index (κ2) is 6.88. The average Bonchev–Trinajstić information content (AvgIpc) is 3.38. The fourth-order valence-corrected chi connectivity index (χ4v) is 4.42. The van der Waals surface area contributed by atoms with Crippen molar-refractivity contribution in [2.75, 3.05) is 19.7 Å². The minimum absolute atomic E-state index is 0.0699. The van der Waals surface area contributed by atoms with Crippen LogP contribution in [-0.4, -0.2) is 45.4 Å². The molecule has 5 heteroatoms. The zero-order chi connectivity index (χ0) is 18.3. The second-order valence-electron chi connectivity index (χ2n) is 7.90. The van der Waals surface area contributed by atoms with Gasteiger partial charge in [-0.1, -0.05) is 12.1 Å². The van der Waals surface area contributed by atoms with Crippen molar-refractivity contribution in [1.82, 2.24) is 14.7 Å². The molecule has 0 spiro atoms. The number of fused-ring (bicyclic) bond motifs is 1. The highest BCUT2D eigenvalue weighted by molar-refractivity contribution is 5.96. The lowest BCUT2D eigenvalue weighted by Gasteiger charge is -2.18. The summed E-state index contributed by atoms with van der Waals surface area (Å²) in [7, 11) is 0. The first-order valence-corrected chi connectivity index (χ1v) is 9.63. The number of aromatic nitrogens is 2. The van der Waals surface area contributed by atoms with Gasteiger partial charge in [0.25, 0.3) is 5.91 Å². The fourth-order valence-electron chi connectivity index (χ4n) is 4.42. The number of nitrogens with zero attached hydrogens (tertiary/aromatic N) is 3. The van der Waals surface area contributed by atoms with Gasteiger partial charge < -0.3 is 10.0 Å². The van der Waals surface area contributed by atoms with E-state index < -0.39 is 0 Å². The van der Waals surface area contributed by atoms with Crippen LogP contribution in [0.25, 0.3) is 0 Å². The maximum atomic E-state index is 13.2. The van der Waals surface area contributed by atoms with E-state index in [2.05, 4.69) is 31.2 Å². The van der Waals surface area contributed by atoms with Crippen LogP contribution < -0.4 is 0 Å². The first-order valence-electron chi connectivity index (χ1n) is 9.63. The third-order valence-electron chi connectivity index (χ3n) is 5.92. The van der Waals surface area contributed by atoms with Gasteiger partial charge in [-0.05, 0) is 55.9 Å². The van der Waals surface area contributed by atoms with Gasteiger partial charge in [-0.2, -0.15) is 5.10 Å². The lowest BCUT2D eigenvalue weighted by molar-refractivity contribution is 0.0780. The highest BCUT2D eigenvalue weighted by Crippen LogP contribution is 2.34. The summed E-state index contributed by atoms with van der Waals surface area (Å²) in [5, 5.41) is 14.3. The molecular weight excluding hydrogens is 326 g/mol. The molecule has 2 aliphatic rings. The molecule has 1 aliphatic heterocycles. The summed E-state index contributed by atoms with van der Waals surface area (Å²) >= 11 is 0. The SMILES string of the molecule is CC(C)n1cc([C@@H]2CN(C(=O)c3cccc4c3CCC4)C[C@H]2CO)cn1. The molecule has 0 saturated carbocycles. The van der Waals surface area contributed by atoms with E-state index in [9.17, 15) is 9.90 Å². The standard InChI is InChI=1S/C21H27N3O2/c1-14(2)24-11-16(9-22-24)20-12-23(10-17(20)13-25)21(26)19-8-4-6-15-5-3-7-18(15)19/h4,6,8-9,11,14,17,20,25H,3,5,7,10,12-13H2,1-2H3/t17-,20-/m0/s1. The van der Waals surface area contributed by atoms with E-state index in [0.717, 1.165) is 30.4 Å². The van der Waals surface area contributed by atoms with E-state index in [4.69, 9.17) is 0 Å². The lowest BCUT2D eigenvalue weighted by atomic mass is 9.92. The van der Waals surface area contributed by atoms with Crippen LogP contribution in [0, 0.1) is 5.92 Å². The van der Waals surface area contributed by atoms with E-state index in [0.29, 0.717) is 19.1 Å². The van der Waals surface area contributed by atoms with Crippen LogP contribution in [0.15, 0.2) is 30.6 Å². The number of aryl methyl sites for hydroxylation is 1. The quantitative estimate of drug-likeness (QED) is 0.919. The van der Waals surface area contributed by atoms with Gasteiger partial charge in [-0.15, -0.1) is 0 Å². The van der Waals surface area contributed by atoms with Crippen molar-refractivity contribution in [3.05, 3.63) is 52.8 Å². The molecule has 0 unspecified atom stereocenters. The summed E-state index contributed by atoms with van der Waals surface area (Å²) in [6.07, 6.45) is 7.16. The van der Waals surface area contributed by atoms with Crippen molar-refractivity contribution in [1.29, 1.82) is 0 Å². The van der Waals surface area contributed by atoms with E-state index in [1.54, 1.807) is 0 Å². The maximum Gasteiger partial charge on any atom is 0.254 e. The number of hydrogen-bond donors (Lipinski definition) is 1. The summed E-state index contributed by atoms with van der Waals surface area (Å²) < 4.78 is 1.94. The Balaban J connectivity index is 1.57. The normalized spacial score (nSPS) is 22.2. The summed E-state index contributed by atoms with van der Waals surface area (Å²) in [6, 6.07) is 6.41. The monoisotopic (exact) mass is 353 g/mol. The largest absolute Gasteiger partial charge is 0.396 e. The summed E-state index contributed by atoms with van der Waals surface area (Å²) in [6.45, 7) is 5.55. The van der Waals surface area contributed by atoms with E-state index >= 15 is 0 Å². The Labute approximate surface area is 154 Å². The highest BCUT2D eigenvalue weighted by atomic mass is 16.3. The number of carbonyl (C=O) groups excluding carboxylic acids is 1. The molecule has 2 heterocycles. The molecule has 0 radical (unpaired) electrons. The van der Waals surface area contributed by atoms with Gasteiger partial charge in [0.1, 0.15) is 0 Å². The molecule has 4 rings (SSSR count). The third-order valence-corrected chi connectivity index (χ3v) is 5.92. The van der Waals surface area contributed by atoms with Gasteiger partial charge in [0.15, 0.2) is 0 Å². The molecule has 1 saturated heterocycles. The zero-order valence-electron chi connectivity index (χ0n) is 15.6. The van der Waals surface area contributed by atoms with Crippen LogP contribution in [-0.2, 0) is 12.8 Å². The van der Waals surface area contributed by atoms with Crippen molar-refractivity contribution < 1.29 is 9.90 Å². The Bertz CT molecular complexity index is 811. The van der Waals surface area contributed by atoms with E-state index in [1.165, 1.54) is 11.1 Å². The molecule has 2 aromatic rings. The van der Waals surface area contributed by atoms with Gasteiger partial charge in [0.05, 0.1) is 6.20 Å². The maximum absolute atomic E-state index is 13.2. The smallest absolute Gasteiger partial charge is 0.254 e. The topological polar surface area (TPSA) is 58.4 Å². The van der Waals surface area contributed by atoms with Gasteiger partial charge in [-0.25, -0.2) is 0 Å². The van der Waals surface area contributed by atoms with Crippen molar-refractivity contribution in [2.24, 2.45) is 5.92 Å². The first kappa shape index (κ1) is 17.3. The van der Waals surface area contributed by atoms with E-state index in [1.807, 2.05) is 27.9 Å². The first-order chi connectivity index (χ1) is 12.6. The molecule has 1 fully saturated rings. The number of aliphatic hydroxyl groups is 1. The Morgan fingerprint density at radius 3 is 2.88 bits per heavy atom. The summed E-state index contributed by atoms with van der Waals surface area (Å²) in [4.78, 5) is 15.1. The number of rotatable bonds is 4.